The molecule has 0 aliphatic rings. The summed E-state index contributed by atoms with van der Waals surface area (Å²) in [6, 6.07) is 6.95. The molecule has 27 heavy (non-hydrogen) atoms. The van der Waals surface area contributed by atoms with Gasteiger partial charge in [-0.15, -0.1) is 11.3 Å². The Morgan fingerprint density at radius 2 is 1.96 bits per heavy atom. The van der Waals surface area contributed by atoms with Gasteiger partial charge in [0.1, 0.15) is 5.01 Å². The second-order valence-electron chi connectivity index (χ2n) is 6.02. The zero-order valence-corrected chi connectivity index (χ0v) is 17.8. The van der Waals surface area contributed by atoms with Gasteiger partial charge in [0.25, 0.3) is 0 Å². The average Bonchev–Trinajstić information content (AvgIpc) is 3.12. The number of aromatic nitrogens is 1. The van der Waals surface area contributed by atoms with Crippen molar-refractivity contribution in [3.8, 4) is 0 Å². The second kappa shape index (κ2) is 9.82. The summed E-state index contributed by atoms with van der Waals surface area (Å²) in [6.45, 7) is 5.64. The molecule has 0 saturated heterocycles. The van der Waals surface area contributed by atoms with Gasteiger partial charge in [-0.1, -0.05) is 25.1 Å². The van der Waals surface area contributed by atoms with E-state index in [4.69, 9.17) is 0 Å². The SMILES string of the molecule is CCNC(=NCc1ccccc1S(=O)(=O)N(C)C)NCc1ncc(CC)s1. The van der Waals surface area contributed by atoms with E-state index in [1.54, 1.807) is 29.5 Å². The Hall–Kier alpha value is -1.97. The van der Waals surface area contributed by atoms with Gasteiger partial charge in [-0.2, -0.15) is 0 Å². The number of aryl methyl sites for hydroxylation is 1. The summed E-state index contributed by atoms with van der Waals surface area (Å²) in [5.41, 5.74) is 0.658. The standard InChI is InChI=1S/C18H27N5O2S2/c1-5-15-12-20-17(26-15)13-22-18(19-6-2)21-11-14-9-7-8-10-16(14)27(24,25)23(3)4/h7-10,12H,5-6,11,13H2,1-4H3,(H2,19,21,22). The third-order valence-corrected chi connectivity index (χ3v) is 6.90. The third-order valence-electron chi connectivity index (χ3n) is 3.84. The van der Waals surface area contributed by atoms with Crippen LogP contribution in [0.1, 0.15) is 29.3 Å². The molecule has 0 aliphatic carbocycles. The highest BCUT2D eigenvalue weighted by molar-refractivity contribution is 7.89. The lowest BCUT2D eigenvalue weighted by Gasteiger charge is -2.15. The molecule has 0 radical (unpaired) electrons. The van der Waals surface area contributed by atoms with Gasteiger partial charge in [-0.05, 0) is 25.0 Å². The minimum atomic E-state index is -3.51. The minimum Gasteiger partial charge on any atom is -0.357 e. The van der Waals surface area contributed by atoms with E-state index >= 15 is 0 Å². The molecular formula is C18H27N5O2S2. The van der Waals surface area contributed by atoms with Crippen molar-refractivity contribution in [3.63, 3.8) is 0 Å². The van der Waals surface area contributed by atoms with Gasteiger partial charge in [0, 0.05) is 31.7 Å². The summed E-state index contributed by atoms with van der Waals surface area (Å²) in [4.78, 5) is 10.5. The lowest BCUT2D eigenvalue weighted by atomic mass is 10.2. The number of benzene rings is 1. The maximum Gasteiger partial charge on any atom is 0.242 e. The topological polar surface area (TPSA) is 86.7 Å². The van der Waals surface area contributed by atoms with E-state index in [2.05, 4.69) is 27.5 Å². The molecule has 1 heterocycles. The summed E-state index contributed by atoms with van der Waals surface area (Å²) in [5.74, 6) is 0.628. The lowest BCUT2D eigenvalue weighted by molar-refractivity contribution is 0.519. The van der Waals surface area contributed by atoms with E-state index < -0.39 is 10.0 Å². The van der Waals surface area contributed by atoms with Crippen molar-refractivity contribution in [2.75, 3.05) is 20.6 Å². The molecule has 2 N–H and O–H groups in total. The highest BCUT2D eigenvalue weighted by Crippen LogP contribution is 2.19. The molecule has 0 saturated carbocycles. The summed E-state index contributed by atoms with van der Waals surface area (Å²) >= 11 is 1.68. The number of rotatable bonds is 8. The fourth-order valence-corrected chi connectivity index (χ4v) is 4.25. The molecule has 0 fully saturated rings. The number of nitrogens with one attached hydrogen (secondary N) is 2. The van der Waals surface area contributed by atoms with E-state index in [0.29, 0.717) is 24.6 Å². The zero-order valence-electron chi connectivity index (χ0n) is 16.2. The smallest absolute Gasteiger partial charge is 0.242 e. The highest BCUT2D eigenvalue weighted by Gasteiger charge is 2.20. The number of aliphatic imine (C=N–C) groups is 1. The lowest BCUT2D eigenvalue weighted by Crippen LogP contribution is -2.36. The molecule has 0 spiro atoms. The largest absolute Gasteiger partial charge is 0.357 e. The monoisotopic (exact) mass is 409 g/mol. The Kier molecular flexibility index (Phi) is 7.76. The maximum atomic E-state index is 12.5. The fraction of sp³-hybridized carbons (Fsp3) is 0.444. The van der Waals surface area contributed by atoms with Crippen molar-refractivity contribution in [1.82, 2.24) is 19.9 Å². The van der Waals surface area contributed by atoms with Gasteiger partial charge in [0.15, 0.2) is 5.96 Å². The first kappa shape index (κ1) is 21.3. The Balaban J connectivity index is 2.15. The number of nitrogens with zero attached hydrogens (tertiary/aromatic N) is 3. The van der Waals surface area contributed by atoms with E-state index in [1.165, 1.54) is 23.3 Å². The van der Waals surface area contributed by atoms with E-state index in [-0.39, 0.29) is 11.4 Å². The molecule has 0 unspecified atom stereocenters. The van der Waals surface area contributed by atoms with Gasteiger partial charge in [-0.3, -0.25) is 0 Å². The third kappa shape index (κ3) is 5.75. The zero-order chi connectivity index (χ0) is 19.9. The predicted octanol–water partition coefficient (Wildman–Crippen LogP) is 2.21. The molecule has 2 rings (SSSR count). The van der Waals surface area contributed by atoms with Crippen LogP contribution in [0.4, 0.5) is 0 Å². The van der Waals surface area contributed by atoms with Crippen LogP contribution in [0.25, 0.3) is 0 Å². The molecule has 7 nitrogen and oxygen atoms in total. The first-order valence-electron chi connectivity index (χ1n) is 8.84. The molecule has 1 aromatic carbocycles. The molecule has 2 aromatic rings. The maximum absolute atomic E-state index is 12.5. The number of hydrogen-bond donors (Lipinski definition) is 2. The molecule has 0 aliphatic heterocycles. The van der Waals surface area contributed by atoms with Gasteiger partial charge in [0.2, 0.25) is 10.0 Å². The molecule has 148 valence electrons. The van der Waals surface area contributed by atoms with Crippen LogP contribution < -0.4 is 10.6 Å². The van der Waals surface area contributed by atoms with Crippen molar-refractivity contribution in [2.24, 2.45) is 4.99 Å². The minimum absolute atomic E-state index is 0.261. The summed E-state index contributed by atoms with van der Waals surface area (Å²) in [7, 11) is -0.454. The van der Waals surface area contributed by atoms with Crippen LogP contribution >= 0.6 is 11.3 Å². The summed E-state index contributed by atoms with van der Waals surface area (Å²) in [6.07, 6.45) is 2.87. The van der Waals surface area contributed by atoms with Gasteiger partial charge < -0.3 is 10.6 Å². The number of hydrogen-bond acceptors (Lipinski definition) is 5. The summed E-state index contributed by atoms with van der Waals surface area (Å²) in [5, 5.41) is 7.43. The molecule has 9 heteroatoms. The van der Waals surface area contributed by atoms with Crippen LogP contribution in [0.5, 0.6) is 0 Å². The van der Waals surface area contributed by atoms with Crippen LogP contribution in [0.2, 0.25) is 0 Å². The first-order chi connectivity index (χ1) is 12.9. The molecular weight excluding hydrogens is 382 g/mol. The van der Waals surface area contributed by atoms with Crippen LogP contribution in [0.15, 0.2) is 40.4 Å². The Bertz CT molecular complexity index is 875. The van der Waals surface area contributed by atoms with Crippen molar-refractivity contribution in [1.29, 1.82) is 0 Å². The normalized spacial score (nSPS) is 12.4. The van der Waals surface area contributed by atoms with Gasteiger partial charge in [0.05, 0.1) is 18.0 Å². The molecule has 0 bridgehead atoms. The van der Waals surface area contributed by atoms with Crippen LogP contribution in [-0.4, -0.2) is 44.3 Å². The van der Waals surface area contributed by atoms with Crippen molar-refractivity contribution in [3.05, 3.63) is 45.9 Å². The van der Waals surface area contributed by atoms with Crippen LogP contribution in [0, 0.1) is 0 Å². The van der Waals surface area contributed by atoms with E-state index in [9.17, 15) is 8.42 Å². The second-order valence-corrected chi connectivity index (χ2v) is 9.34. The number of guanidine groups is 1. The van der Waals surface area contributed by atoms with E-state index in [1.807, 2.05) is 19.2 Å². The van der Waals surface area contributed by atoms with Gasteiger partial charge in [-0.25, -0.2) is 22.7 Å². The van der Waals surface area contributed by atoms with Crippen molar-refractivity contribution < 1.29 is 8.42 Å². The molecule has 0 atom stereocenters. The highest BCUT2D eigenvalue weighted by atomic mass is 32.2. The van der Waals surface area contributed by atoms with Crippen LogP contribution in [-0.2, 0) is 29.5 Å². The predicted molar refractivity (Wildman–Crippen MR) is 110 cm³/mol. The van der Waals surface area contributed by atoms with Crippen LogP contribution in [0.3, 0.4) is 0 Å². The number of thiazole rings is 1. The quantitative estimate of drug-likeness (QED) is 0.516. The Labute approximate surface area is 165 Å². The average molecular weight is 410 g/mol. The molecule has 0 amide bonds. The van der Waals surface area contributed by atoms with Crippen molar-refractivity contribution >= 4 is 27.3 Å². The van der Waals surface area contributed by atoms with E-state index in [0.717, 1.165) is 11.4 Å². The first-order valence-corrected chi connectivity index (χ1v) is 11.1. The van der Waals surface area contributed by atoms with Crippen molar-refractivity contribution in [2.45, 2.75) is 38.3 Å². The molecule has 1 aromatic heterocycles. The van der Waals surface area contributed by atoms with Gasteiger partial charge >= 0.3 is 0 Å². The summed E-state index contributed by atoms with van der Waals surface area (Å²) < 4.78 is 26.2. The number of sulfonamides is 1. The Morgan fingerprint density at radius 1 is 1.22 bits per heavy atom. The Morgan fingerprint density at radius 3 is 2.59 bits per heavy atom. The fourth-order valence-electron chi connectivity index (χ4n) is 2.34.